The molecule has 1 rings (SSSR count). The number of benzene rings is 1. The zero-order valence-corrected chi connectivity index (χ0v) is 5.91. The molecule has 0 spiro atoms. The lowest BCUT2D eigenvalue weighted by molar-refractivity contribution is 0.461. The Balaban J connectivity index is 3.23. The highest BCUT2D eigenvalue weighted by molar-refractivity contribution is 5.66. The van der Waals surface area contributed by atoms with Gasteiger partial charge in [-0.25, -0.2) is 0 Å². The summed E-state index contributed by atoms with van der Waals surface area (Å²) in [5, 5.41) is 18.0. The summed E-state index contributed by atoms with van der Waals surface area (Å²) in [6.45, 7) is 3.27. The van der Waals surface area contributed by atoms with Gasteiger partial charge < -0.3 is 15.9 Å². The SMILES string of the molecule is C=C(O)c1cc(N)ccc1O. The molecule has 0 aliphatic heterocycles. The van der Waals surface area contributed by atoms with Gasteiger partial charge in [0.25, 0.3) is 0 Å². The summed E-state index contributed by atoms with van der Waals surface area (Å²) in [4.78, 5) is 0. The van der Waals surface area contributed by atoms with Gasteiger partial charge in [0.2, 0.25) is 0 Å². The van der Waals surface area contributed by atoms with E-state index in [0.717, 1.165) is 0 Å². The first-order valence-corrected chi connectivity index (χ1v) is 3.08. The number of aromatic hydroxyl groups is 1. The fourth-order valence-corrected chi connectivity index (χ4v) is 0.785. The van der Waals surface area contributed by atoms with Crippen LogP contribution in [0.1, 0.15) is 5.56 Å². The molecule has 0 unspecified atom stereocenters. The Morgan fingerprint density at radius 1 is 1.45 bits per heavy atom. The first-order valence-electron chi connectivity index (χ1n) is 3.08. The number of rotatable bonds is 1. The quantitative estimate of drug-likeness (QED) is 0.323. The first kappa shape index (κ1) is 7.47. The van der Waals surface area contributed by atoms with E-state index in [1.165, 1.54) is 12.1 Å². The van der Waals surface area contributed by atoms with E-state index < -0.39 is 0 Å². The number of phenolic OH excluding ortho intramolecular Hbond substituents is 1. The molecule has 0 aliphatic carbocycles. The van der Waals surface area contributed by atoms with Crippen LogP contribution in [0, 0.1) is 0 Å². The van der Waals surface area contributed by atoms with E-state index in [9.17, 15) is 0 Å². The molecule has 0 aliphatic rings. The molecule has 3 nitrogen and oxygen atoms in total. The summed E-state index contributed by atoms with van der Waals surface area (Å²) in [5.41, 5.74) is 6.15. The summed E-state index contributed by atoms with van der Waals surface area (Å²) < 4.78 is 0. The Labute approximate surface area is 64.4 Å². The number of nitrogens with two attached hydrogens (primary N) is 1. The number of aliphatic hydroxyl groups is 1. The van der Waals surface area contributed by atoms with Crippen molar-refractivity contribution in [2.45, 2.75) is 0 Å². The zero-order chi connectivity index (χ0) is 8.43. The average Bonchev–Trinajstić information content (AvgIpc) is 1.94. The van der Waals surface area contributed by atoms with Gasteiger partial charge >= 0.3 is 0 Å². The van der Waals surface area contributed by atoms with Crippen molar-refractivity contribution in [3.05, 3.63) is 30.3 Å². The van der Waals surface area contributed by atoms with E-state index in [0.29, 0.717) is 5.69 Å². The molecule has 1 aromatic rings. The molecular weight excluding hydrogens is 142 g/mol. The maximum Gasteiger partial charge on any atom is 0.126 e. The molecule has 4 N–H and O–H groups in total. The molecule has 0 amide bonds. The molecule has 11 heavy (non-hydrogen) atoms. The van der Waals surface area contributed by atoms with E-state index in [4.69, 9.17) is 15.9 Å². The highest BCUT2D eigenvalue weighted by Crippen LogP contribution is 2.24. The lowest BCUT2D eigenvalue weighted by atomic mass is 10.1. The van der Waals surface area contributed by atoms with Gasteiger partial charge in [0.1, 0.15) is 11.5 Å². The molecule has 0 saturated carbocycles. The maximum atomic E-state index is 9.13. The highest BCUT2D eigenvalue weighted by Gasteiger charge is 2.02. The fourth-order valence-electron chi connectivity index (χ4n) is 0.785. The van der Waals surface area contributed by atoms with Crippen LogP contribution in [0.3, 0.4) is 0 Å². The highest BCUT2D eigenvalue weighted by atomic mass is 16.3. The van der Waals surface area contributed by atoms with E-state index in [1.54, 1.807) is 6.07 Å². The molecule has 0 bridgehead atoms. The van der Waals surface area contributed by atoms with E-state index in [-0.39, 0.29) is 17.1 Å². The number of hydrogen-bond donors (Lipinski definition) is 3. The van der Waals surface area contributed by atoms with Crippen molar-refractivity contribution in [2.75, 3.05) is 5.73 Å². The summed E-state index contributed by atoms with van der Waals surface area (Å²) in [5.74, 6) is -0.207. The lowest BCUT2D eigenvalue weighted by Gasteiger charge is -2.02. The van der Waals surface area contributed by atoms with Crippen LogP contribution in [0.5, 0.6) is 5.75 Å². The molecule has 0 heterocycles. The van der Waals surface area contributed by atoms with Crippen molar-refractivity contribution >= 4 is 11.4 Å². The average molecular weight is 151 g/mol. The Kier molecular flexibility index (Phi) is 1.72. The summed E-state index contributed by atoms with van der Waals surface area (Å²) >= 11 is 0. The Morgan fingerprint density at radius 2 is 2.09 bits per heavy atom. The topological polar surface area (TPSA) is 66.5 Å². The van der Waals surface area contributed by atoms with Gasteiger partial charge in [-0.1, -0.05) is 6.58 Å². The molecule has 3 heteroatoms. The van der Waals surface area contributed by atoms with Crippen LogP contribution in [0.2, 0.25) is 0 Å². The Bertz CT molecular complexity index is 294. The molecule has 1 aromatic carbocycles. The molecule has 0 radical (unpaired) electrons. The van der Waals surface area contributed by atoms with Crippen LogP contribution < -0.4 is 5.73 Å². The minimum Gasteiger partial charge on any atom is -0.508 e. The van der Waals surface area contributed by atoms with Crippen LogP contribution in [0.4, 0.5) is 5.69 Å². The van der Waals surface area contributed by atoms with Crippen LogP contribution >= 0.6 is 0 Å². The normalized spacial score (nSPS) is 9.45. The standard InChI is InChI=1S/C8H9NO2/c1-5(10)7-4-6(9)2-3-8(7)11/h2-4,10-11H,1,9H2. The minimum absolute atomic E-state index is 0.0216. The Hall–Kier alpha value is -1.64. The Morgan fingerprint density at radius 3 is 2.55 bits per heavy atom. The van der Waals surface area contributed by atoms with Gasteiger partial charge in [-0.15, -0.1) is 0 Å². The summed E-state index contributed by atoms with van der Waals surface area (Å²) in [6, 6.07) is 4.41. The van der Waals surface area contributed by atoms with E-state index in [2.05, 4.69) is 6.58 Å². The van der Waals surface area contributed by atoms with Gasteiger partial charge in [-0.3, -0.25) is 0 Å². The van der Waals surface area contributed by atoms with Crippen molar-refractivity contribution in [3.63, 3.8) is 0 Å². The molecule has 0 fully saturated rings. The number of phenols is 1. The van der Waals surface area contributed by atoms with Gasteiger partial charge in [0, 0.05) is 5.69 Å². The number of anilines is 1. The van der Waals surface area contributed by atoms with Crippen molar-refractivity contribution in [1.29, 1.82) is 0 Å². The molecule has 0 saturated heterocycles. The van der Waals surface area contributed by atoms with Gasteiger partial charge in [-0.2, -0.15) is 0 Å². The zero-order valence-electron chi connectivity index (χ0n) is 5.91. The molecule has 0 atom stereocenters. The first-order chi connectivity index (χ1) is 5.11. The smallest absolute Gasteiger partial charge is 0.126 e. The number of nitrogen functional groups attached to an aromatic ring is 1. The largest absolute Gasteiger partial charge is 0.508 e. The van der Waals surface area contributed by atoms with Gasteiger partial charge in [0.15, 0.2) is 0 Å². The summed E-state index contributed by atoms with van der Waals surface area (Å²) in [6.07, 6.45) is 0. The van der Waals surface area contributed by atoms with Crippen molar-refractivity contribution in [3.8, 4) is 5.75 Å². The fraction of sp³-hybridized carbons (Fsp3) is 0. The minimum atomic E-state index is -0.185. The van der Waals surface area contributed by atoms with Gasteiger partial charge in [0.05, 0.1) is 5.56 Å². The lowest BCUT2D eigenvalue weighted by Crippen LogP contribution is -1.87. The number of hydrogen-bond acceptors (Lipinski definition) is 3. The molecule has 58 valence electrons. The maximum absolute atomic E-state index is 9.13. The third-order valence-corrected chi connectivity index (χ3v) is 1.33. The van der Waals surface area contributed by atoms with Crippen LogP contribution in [0.25, 0.3) is 5.76 Å². The van der Waals surface area contributed by atoms with Crippen molar-refractivity contribution < 1.29 is 10.2 Å². The van der Waals surface area contributed by atoms with E-state index in [1.807, 2.05) is 0 Å². The van der Waals surface area contributed by atoms with Crippen molar-refractivity contribution in [2.24, 2.45) is 0 Å². The molecule has 0 aromatic heterocycles. The van der Waals surface area contributed by atoms with Crippen LogP contribution in [-0.4, -0.2) is 10.2 Å². The third-order valence-electron chi connectivity index (χ3n) is 1.33. The number of aliphatic hydroxyl groups excluding tert-OH is 1. The predicted octanol–water partition coefficient (Wildman–Crippen LogP) is 1.50. The molecular formula is C8H9NO2. The van der Waals surface area contributed by atoms with Crippen LogP contribution in [0.15, 0.2) is 24.8 Å². The second kappa shape index (κ2) is 2.54. The predicted molar refractivity (Wildman–Crippen MR) is 44.2 cm³/mol. The second-order valence-corrected chi connectivity index (χ2v) is 2.22. The van der Waals surface area contributed by atoms with Crippen molar-refractivity contribution in [1.82, 2.24) is 0 Å². The van der Waals surface area contributed by atoms with Gasteiger partial charge in [-0.05, 0) is 18.2 Å². The monoisotopic (exact) mass is 151 g/mol. The third kappa shape index (κ3) is 1.43. The second-order valence-electron chi connectivity index (χ2n) is 2.22. The van der Waals surface area contributed by atoms with Crippen LogP contribution in [-0.2, 0) is 0 Å². The van der Waals surface area contributed by atoms with E-state index >= 15 is 0 Å². The summed E-state index contributed by atoms with van der Waals surface area (Å²) in [7, 11) is 0.